The number of nitrogens with zero attached hydrogens (tertiary/aromatic N) is 3. The molecule has 0 radical (unpaired) electrons. The molecule has 2 aromatic heterocycles. The normalized spacial score (nSPS) is 11.5. The summed E-state index contributed by atoms with van der Waals surface area (Å²) < 4.78 is 8.10. The maximum atomic E-state index is 6.01. The Morgan fingerprint density at radius 2 is 1.80 bits per heavy atom. The van der Waals surface area contributed by atoms with Gasteiger partial charge in [0.25, 0.3) is 5.89 Å². The molecule has 0 amide bonds. The Morgan fingerprint density at radius 3 is 2.52 bits per heavy atom. The average Bonchev–Trinajstić information content (AvgIpc) is 3.22. The predicted octanol–water partition coefficient (Wildman–Crippen LogP) is 5.52. The van der Waals surface area contributed by atoms with E-state index in [1.807, 2.05) is 50.2 Å². The van der Waals surface area contributed by atoms with Gasteiger partial charge in [0.2, 0.25) is 5.89 Å². The molecule has 126 valence electrons. The summed E-state index contributed by atoms with van der Waals surface area (Å²) in [6.07, 6.45) is 0. The molecule has 0 aliphatic heterocycles. The first kappa shape index (κ1) is 15.9. The number of benzene rings is 2. The van der Waals surface area contributed by atoms with Gasteiger partial charge in [-0.1, -0.05) is 55.8 Å². The Hall–Kier alpha value is -2.59. The second-order valence-corrected chi connectivity index (χ2v) is 6.84. The van der Waals surface area contributed by atoms with E-state index in [1.54, 1.807) is 0 Å². The zero-order valence-electron chi connectivity index (χ0n) is 14.1. The second-order valence-electron chi connectivity index (χ2n) is 6.40. The fraction of sp³-hybridized carbons (Fsp3) is 0.200. The first-order chi connectivity index (χ1) is 12.1. The monoisotopic (exact) mass is 351 g/mol. The molecular formula is C20H18ClN3O. The van der Waals surface area contributed by atoms with Crippen LogP contribution < -0.4 is 0 Å². The van der Waals surface area contributed by atoms with Crippen molar-refractivity contribution in [2.75, 3.05) is 0 Å². The molecule has 5 heteroatoms. The van der Waals surface area contributed by atoms with Crippen LogP contribution in [0, 0.1) is 0 Å². The summed E-state index contributed by atoms with van der Waals surface area (Å²) >= 11 is 6.01. The van der Waals surface area contributed by atoms with Crippen LogP contribution in [0.2, 0.25) is 5.02 Å². The largest absolute Gasteiger partial charge is 0.419 e. The fourth-order valence-corrected chi connectivity index (χ4v) is 3.03. The molecule has 0 aliphatic carbocycles. The third kappa shape index (κ3) is 3.05. The van der Waals surface area contributed by atoms with Crippen molar-refractivity contribution in [3.8, 4) is 11.6 Å². The lowest BCUT2D eigenvalue weighted by atomic mass is 10.2. The van der Waals surface area contributed by atoms with E-state index in [9.17, 15) is 0 Å². The van der Waals surface area contributed by atoms with Crippen molar-refractivity contribution in [2.45, 2.75) is 26.3 Å². The van der Waals surface area contributed by atoms with Crippen LogP contribution in [0.5, 0.6) is 0 Å². The molecule has 4 nitrogen and oxygen atoms in total. The summed E-state index contributed by atoms with van der Waals surface area (Å²) in [6.45, 7) is 4.79. The molecule has 0 bridgehead atoms. The highest BCUT2D eigenvalue weighted by molar-refractivity contribution is 6.30. The minimum absolute atomic E-state index is 0.204. The Labute approximate surface area is 151 Å². The minimum atomic E-state index is 0.204. The molecule has 0 atom stereocenters. The lowest BCUT2D eigenvalue weighted by molar-refractivity contribution is 0.478. The van der Waals surface area contributed by atoms with Crippen LogP contribution in [0.3, 0.4) is 0 Å². The van der Waals surface area contributed by atoms with Crippen molar-refractivity contribution >= 4 is 22.5 Å². The number of aromatic nitrogens is 3. The lowest BCUT2D eigenvalue weighted by Gasteiger charge is -2.09. The van der Waals surface area contributed by atoms with Gasteiger partial charge in [-0.3, -0.25) is 0 Å². The van der Waals surface area contributed by atoms with Crippen LogP contribution in [0.25, 0.3) is 22.5 Å². The van der Waals surface area contributed by atoms with Crippen LogP contribution in [0.15, 0.2) is 59.0 Å². The predicted molar refractivity (Wildman–Crippen MR) is 99.9 cm³/mol. The van der Waals surface area contributed by atoms with Gasteiger partial charge in [-0.2, -0.15) is 0 Å². The standard InChI is InChI=1S/C20H18ClN3O/c1-13(2)19-22-23-20(25-19)18-11-15-5-3-4-6-17(15)24(18)12-14-7-9-16(21)10-8-14/h3-11,13H,12H2,1-2H3. The van der Waals surface area contributed by atoms with Gasteiger partial charge in [-0.05, 0) is 29.8 Å². The Balaban J connectivity index is 1.83. The van der Waals surface area contributed by atoms with Gasteiger partial charge >= 0.3 is 0 Å². The first-order valence-electron chi connectivity index (χ1n) is 8.28. The number of hydrogen-bond donors (Lipinski definition) is 0. The van der Waals surface area contributed by atoms with Crippen LogP contribution in [0.1, 0.15) is 31.2 Å². The van der Waals surface area contributed by atoms with Crippen molar-refractivity contribution < 1.29 is 4.42 Å². The SMILES string of the molecule is CC(C)c1nnc(-c2cc3ccccc3n2Cc2ccc(Cl)cc2)o1. The number of halogens is 1. The highest BCUT2D eigenvalue weighted by Gasteiger charge is 2.17. The minimum Gasteiger partial charge on any atom is -0.419 e. The van der Waals surface area contributed by atoms with Gasteiger partial charge in [0, 0.05) is 28.4 Å². The van der Waals surface area contributed by atoms with Gasteiger partial charge < -0.3 is 8.98 Å². The number of hydrogen-bond acceptors (Lipinski definition) is 3. The van der Waals surface area contributed by atoms with Gasteiger partial charge in [0.15, 0.2) is 0 Å². The van der Waals surface area contributed by atoms with Crippen molar-refractivity contribution in [1.82, 2.24) is 14.8 Å². The quantitative estimate of drug-likeness (QED) is 0.486. The first-order valence-corrected chi connectivity index (χ1v) is 8.66. The van der Waals surface area contributed by atoms with Crippen molar-refractivity contribution in [3.63, 3.8) is 0 Å². The van der Waals surface area contributed by atoms with E-state index in [0.717, 1.165) is 27.2 Å². The fourth-order valence-electron chi connectivity index (χ4n) is 2.90. The highest BCUT2D eigenvalue weighted by atomic mass is 35.5. The third-order valence-electron chi connectivity index (χ3n) is 4.22. The van der Waals surface area contributed by atoms with Gasteiger partial charge in [-0.15, -0.1) is 10.2 Å². The third-order valence-corrected chi connectivity index (χ3v) is 4.47. The molecule has 0 fully saturated rings. The maximum absolute atomic E-state index is 6.01. The van der Waals surface area contributed by atoms with E-state index in [0.29, 0.717) is 18.3 Å². The summed E-state index contributed by atoms with van der Waals surface area (Å²) in [6, 6.07) is 18.3. The molecule has 0 saturated carbocycles. The topological polar surface area (TPSA) is 43.9 Å². The van der Waals surface area contributed by atoms with E-state index in [2.05, 4.69) is 33.0 Å². The van der Waals surface area contributed by atoms with Crippen molar-refractivity contribution in [1.29, 1.82) is 0 Å². The summed E-state index contributed by atoms with van der Waals surface area (Å²) in [5, 5.41) is 10.3. The molecule has 0 aliphatic rings. The Morgan fingerprint density at radius 1 is 1.04 bits per heavy atom. The zero-order valence-corrected chi connectivity index (χ0v) is 14.9. The summed E-state index contributed by atoms with van der Waals surface area (Å²) in [5.74, 6) is 1.41. The highest BCUT2D eigenvalue weighted by Crippen LogP contribution is 2.29. The van der Waals surface area contributed by atoms with Gasteiger partial charge in [0.05, 0.1) is 0 Å². The number of fused-ring (bicyclic) bond motifs is 1. The Kier molecular flexibility index (Phi) is 4.06. The van der Waals surface area contributed by atoms with Crippen LogP contribution in [0.4, 0.5) is 0 Å². The summed E-state index contributed by atoms with van der Waals surface area (Å²) in [7, 11) is 0. The van der Waals surface area contributed by atoms with Crippen molar-refractivity contribution in [2.24, 2.45) is 0 Å². The molecule has 0 spiro atoms. The van der Waals surface area contributed by atoms with Gasteiger partial charge in [0.1, 0.15) is 5.69 Å². The molecule has 0 saturated heterocycles. The lowest BCUT2D eigenvalue weighted by Crippen LogP contribution is -2.01. The number of para-hydroxylation sites is 1. The Bertz CT molecular complexity index is 1020. The van der Waals surface area contributed by atoms with Crippen LogP contribution >= 0.6 is 11.6 Å². The van der Waals surface area contributed by atoms with E-state index < -0.39 is 0 Å². The van der Waals surface area contributed by atoms with E-state index in [1.165, 1.54) is 0 Å². The molecule has 0 unspecified atom stereocenters. The smallest absolute Gasteiger partial charge is 0.264 e. The molecule has 25 heavy (non-hydrogen) atoms. The van der Waals surface area contributed by atoms with Crippen molar-refractivity contribution in [3.05, 3.63) is 71.1 Å². The van der Waals surface area contributed by atoms with Gasteiger partial charge in [-0.25, -0.2) is 0 Å². The van der Waals surface area contributed by atoms with Crippen LogP contribution in [-0.4, -0.2) is 14.8 Å². The van der Waals surface area contributed by atoms with E-state index in [-0.39, 0.29) is 5.92 Å². The molecule has 0 N–H and O–H groups in total. The maximum Gasteiger partial charge on any atom is 0.264 e. The molecule has 2 aromatic carbocycles. The van der Waals surface area contributed by atoms with E-state index >= 15 is 0 Å². The molecule has 4 rings (SSSR count). The zero-order chi connectivity index (χ0) is 17.4. The summed E-state index contributed by atoms with van der Waals surface area (Å²) in [4.78, 5) is 0. The molecular weight excluding hydrogens is 334 g/mol. The molecule has 4 aromatic rings. The summed E-state index contributed by atoms with van der Waals surface area (Å²) in [5.41, 5.74) is 3.22. The van der Waals surface area contributed by atoms with E-state index in [4.69, 9.17) is 16.0 Å². The second kappa shape index (κ2) is 6.37. The number of rotatable bonds is 4. The van der Waals surface area contributed by atoms with Crippen LogP contribution in [-0.2, 0) is 6.54 Å². The average molecular weight is 352 g/mol. The molecule has 2 heterocycles.